The molecule has 0 aliphatic rings. The highest BCUT2D eigenvalue weighted by Gasteiger charge is 2.08. The van der Waals surface area contributed by atoms with Crippen molar-refractivity contribution in [3.63, 3.8) is 0 Å². The quantitative estimate of drug-likeness (QED) is 0.914. The maximum absolute atomic E-state index is 9.08. The topological polar surface area (TPSA) is 48.7 Å². The largest absolute Gasteiger partial charge is 0.367 e. The number of anilines is 1. The van der Waals surface area contributed by atoms with Crippen molar-refractivity contribution in [1.29, 1.82) is 5.26 Å². The fourth-order valence-corrected chi connectivity index (χ4v) is 1.84. The molecule has 0 aliphatic heterocycles. The van der Waals surface area contributed by atoms with Gasteiger partial charge in [0.05, 0.1) is 11.3 Å². The predicted molar refractivity (Wildman–Crippen MR) is 78.2 cm³/mol. The summed E-state index contributed by atoms with van der Waals surface area (Å²) in [6.07, 6.45) is 0. The van der Waals surface area contributed by atoms with Crippen molar-refractivity contribution < 1.29 is 0 Å². The number of hydrogen-bond donors (Lipinski definition) is 1. The average molecular weight is 272 g/mol. The summed E-state index contributed by atoms with van der Waals surface area (Å²) < 4.78 is 0. The van der Waals surface area contributed by atoms with Gasteiger partial charge in [0.2, 0.25) is 0 Å². The van der Waals surface area contributed by atoms with Crippen LogP contribution in [0.5, 0.6) is 0 Å². The summed E-state index contributed by atoms with van der Waals surface area (Å²) in [4.78, 5) is 4.51. The van der Waals surface area contributed by atoms with Crippen LogP contribution in [0.2, 0.25) is 5.02 Å². The Morgan fingerprint density at radius 3 is 2.42 bits per heavy atom. The summed E-state index contributed by atoms with van der Waals surface area (Å²) in [5, 5.41) is 13.0. The van der Waals surface area contributed by atoms with Gasteiger partial charge >= 0.3 is 0 Å². The van der Waals surface area contributed by atoms with Gasteiger partial charge in [0.15, 0.2) is 0 Å². The third kappa shape index (κ3) is 3.24. The lowest BCUT2D eigenvalue weighted by molar-refractivity contribution is 0.888. The normalized spacial score (nSPS) is 10.3. The number of rotatable bonds is 3. The van der Waals surface area contributed by atoms with E-state index < -0.39 is 0 Å². The molecule has 2 rings (SSSR count). The lowest BCUT2D eigenvalue weighted by Gasteiger charge is -2.12. The zero-order chi connectivity index (χ0) is 13.8. The third-order valence-corrected chi connectivity index (χ3v) is 2.83. The zero-order valence-corrected chi connectivity index (χ0v) is 11.6. The van der Waals surface area contributed by atoms with E-state index >= 15 is 0 Å². The number of nitriles is 1. The number of halogens is 1. The molecule has 3 nitrogen and oxygen atoms in total. The molecule has 0 bridgehead atoms. The van der Waals surface area contributed by atoms with Crippen LogP contribution in [-0.4, -0.2) is 11.0 Å². The van der Waals surface area contributed by atoms with Gasteiger partial charge in [0.1, 0.15) is 11.9 Å². The first-order chi connectivity index (χ1) is 9.10. The monoisotopic (exact) mass is 271 g/mol. The van der Waals surface area contributed by atoms with E-state index in [2.05, 4.69) is 16.4 Å². The Bertz CT molecular complexity index is 612. The molecule has 0 spiro atoms. The number of pyridine rings is 1. The van der Waals surface area contributed by atoms with Crippen molar-refractivity contribution >= 4 is 17.4 Å². The molecule has 0 saturated carbocycles. The number of nitrogens with one attached hydrogen (secondary N) is 1. The van der Waals surface area contributed by atoms with Gasteiger partial charge < -0.3 is 5.32 Å². The number of nitrogens with zero attached hydrogens (tertiary/aromatic N) is 2. The molecule has 0 radical (unpaired) electrons. The van der Waals surface area contributed by atoms with Crippen LogP contribution in [0.4, 0.5) is 5.82 Å². The molecule has 1 heterocycles. The van der Waals surface area contributed by atoms with Gasteiger partial charge in [0.25, 0.3) is 0 Å². The van der Waals surface area contributed by atoms with Gasteiger partial charge in [0, 0.05) is 16.6 Å². The molecule has 1 N–H and O–H groups in total. The third-order valence-electron chi connectivity index (χ3n) is 2.58. The lowest BCUT2D eigenvalue weighted by Crippen LogP contribution is -2.12. The van der Waals surface area contributed by atoms with Crippen molar-refractivity contribution in [2.45, 2.75) is 19.9 Å². The summed E-state index contributed by atoms with van der Waals surface area (Å²) >= 11 is 5.87. The molecule has 19 heavy (non-hydrogen) atoms. The lowest BCUT2D eigenvalue weighted by atomic mass is 10.1. The molecular formula is C15H14ClN3. The highest BCUT2D eigenvalue weighted by atomic mass is 35.5. The van der Waals surface area contributed by atoms with E-state index in [1.807, 2.05) is 44.2 Å². The second kappa shape index (κ2) is 5.73. The molecule has 96 valence electrons. The summed E-state index contributed by atoms with van der Waals surface area (Å²) in [7, 11) is 0. The van der Waals surface area contributed by atoms with E-state index in [0.29, 0.717) is 16.4 Å². The molecule has 1 aromatic heterocycles. The maximum atomic E-state index is 9.08. The summed E-state index contributed by atoms with van der Waals surface area (Å²) in [6.45, 7) is 4.02. The minimum absolute atomic E-state index is 0.222. The second-order valence-corrected chi connectivity index (χ2v) is 4.95. The Morgan fingerprint density at radius 1 is 1.16 bits per heavy atom. The van der Waals surface area contributed by atoms with Crippen molar-refractivity contribution in [3.8, 4) is 17.3 Å². The van der Waals surface area contributed by atoms with E-state index in [0.717, 1.165) is 11.3 Å². The fourth-order valence-electron chi connectivity index (χ4n) is 1.71. The molecule has 0 amide bonds. The minimum atomic E-state index is 0.222. The maximum Gasteiger partial charge on any atom is 0.144 e. The van der Waals surface area contributed by atoms with Crippen LogP contribution < -0.4 is 5.32 Å². The average Bonchev–Trinajstić information content (AvgIpc) is 2.39. The Labute approximate surface area is 117 Å². The second-order valence-electron chi connectivity index (χ2n) is 4.51. The van der Waals surface area contributed by atoms with Crippen LogP contribution in [0.3, 0.4) is 0 Å². The smallest absolute Gasteiger partial charge is 0.144 e. The molecule has 4 heteroatoms. The Hall–Kier alpha value is -2.05. The summed E-state index contributed by atoms with van der Waals surface area (Å²) in [5.74, 6) is 0.616. The Morgan fingerprint density at radius 2 is 1.84 bits per heavy atom. The van der Waals surface area contributed by atoms with Crippen LogP contribution in [0.25, 0.3) is 11.3 Å². The van der Waals surface area contributed by atoms with E-state index in [-0.39, 0.29) is 6.04 Å². The van der Waals surface area contributed by atoms with Crippen LogP contribution in [0.1, 0.15) is 19.4 Å². The fraction of sp³-hybridized carbons (Fsp3) is 0.200. The van der Waals surface area contributed by atoms with Crippen LogP contribution >= 0.6 is 11.6 Å². The van der Waals surface area contributed by atoms with Gasteiger partial charge in [-0.3, -0.25) is 0 Å². The molecule has 0 aliphatic carbocycles. The first-order valence-electron chi connectivity index (χ1n) is 6.04. The zero-order valence-electron chi connectivity index (χ0n) is 10.8. The van der Waals surface area contributed by atoms with Gasteiger partial charge in [-0.1, -0.05) is 23.7 Å². The van der Waals surface area contributed by atoms with Crippen LogP contribution in [0, 0.1) is 11.3 Å². The van der Waals surface area contributed by atoms with E-state index in [1.54, 1.807) is 6.07 Å². The Balaban J connectivity index is 2.43. The van der Waals surface area contributed by atoms with E-state index in [4.69, 9.17) is 16.9 Å². The molecule has 2 aromatic rings. The molecule has 0 saturated heterocycles. The van der Waals surface area contributed by atoms with Crippen molar-refractivity contribution in [2.24, 2.45) is 0 Å². The molecule has 0 fully saturated rings. The SMILES string of the molecule is CC(C)Nc1nc(-c2ccc(Cl)cc2)ccc1C#N. The Kier molecular flexibility index (Phi) is 4.03. The number of aromatic nitrogens is 1. The summed E-state index contributed by atoms with van der Waals surface area (Å²) in [5.41, 5.74) is 2.34. The predicted octanol–water partition coefficient (Wildman–Crippen LogP) is 4.09. The number of benzene rings is 1. The van der Waals surface area contributed by atoms with E-state index in [9.17, 15) is 0 Å². The van der Waals surface area contributed by atoms with Crippen LogP contribution in [0.15, 0.2) is 36.4 Å². The summed E-state index contributed by atoms with van der Waals surface area (Å²) in [6, 6.07) is 13.5. The first kappa shape index (κ1) is 13.4. The van der Waals surface area contributed by atoms with Gasteiger partial charge in [-0.15, -0.1) is 0 Å². The van der Waals surface area contributed by atoms with Gasteiger partial charge in [-0.25, -0.2) is 4.98 Å². The van der Waals surface area contributed by atoms with Crippen molar-refractivity contribution in [1.82, 2.24) is 4.98 Å². The highest BCUT2D eigenvalue weighted by Crippen LogP contribution is 2.23. The number of hydrogen-bond acceptors (Lipinski definition) is 3. The standard InChI is InChI=1S/C15H14ClN3/c1-10(2)18-15-12(9-17)5-8-14(19-15)11-3-6-13(16)7-4-11/h3-8,10H,1-2H3,(H,18,19). The molecule has 0 unspecified atom stereocenters. The van der Waals surface area contributed by atoms with Crippen molar-refractivity contribution in [2.75, 3.05) is 5.32 Å². The van der Waals surface area contributed by atoms with Crippen LogP contribution in [-0.2, 0) is 0 Å². The molecule has 0 atom stereocenters. The minimum Gasteiger partial charge on any atom is -0.367 e. The van der Waals surface area contributed by atoms with Gasteiger partial charge in [-0.2, -0.15) is 5.26 Å². The van der Waals surface area contributed by atoms with Gasteiger partial charge in [-0.05, 0) is 38.1 Å². The van der Waals surface area contributed by atoms with Crippen molar-refractivity contribution in [3.05, 3.63) is 47.0 Å². The molecule has 1 aromatic carbocycles. The molecular weight excluding hydrogens is 258 g/mol. The highest BCUT2D eigenvalue weighted by molar-refractivity contribution is 6.30. The first-order valence-corrected chi connectivity index (χ1v) is 6.41. The van der Waals surface area contributed by atoms with E-state index in [1.165, 1.54) is 0 Å².